The molecule has 0 spiro atoms. The van der Waals surface area contributed by atoms with Crippen LogP contribution in [0.3, 0.4) is 0 Å². The van der Waals surface area contributed by atoms with Gasteiger partial charge in [0.1, 0.15) is 6.54 Å². The van der Waals surface area contributed by atoms with Crippen molar-refractivity contribution in [1.82, 2.24) is 10.2 Å². The lowest BCUT2D eigenvalue weighted by molar-refractivity contribution is -0.129. The molecule has 1 N–H and O–H groups in total. The number of thioether (sulfide) groups is 1. The van der Waals surface area contributed by atoms with Gasteiger partial charge in [0.2, 0.25) is 5.91 Å². The van der Waals surface area contributed by atoms with Crippen LogP contribution in [0.5, 0.6) is 0 Å². The first-order valence-electron chi connectivity index (χ1n) is 9.22. The Morgan fingerprint density at radius 1 is 1.19 bits per heavy atom. The predicted octanol–water partition coefficient (Wildman–Crippen LogP) is 3.34. The summed E-state index contributed by atoms with van der Waals surface area (Å²) in [4.78, 5) is 40.1. The molecule has 1 aliphatic rings. The van der Waals surface area contributed by atoms with Gasteiger partial charge in [0, 0.05) is 25.3 Å². The van der Waals surface area contributed by atoms with Gasteiger partial charge in [-0.05, 0) is 55.3 Å². The maximum atomic E-state index is 12.5. The molecule has 7 heteroatoms. The van der Waals surface area contributed by atoms with Crippen LogP contribution in [-0.2, 0) is 9.59 Å². The molecule has 2 rings (SSSR count). The summed E-state index contributed by atoms with van der Waals surface area (Å²) in [5, 5.41) is 2.31. The third-order valence-electron chi connectivity index (χ3n) is 4.20. The van der Waals surface area contributed by atoms with Crippen LogP contribution in [0.1, 0.15) is 33.3 Å². The van der Waals surface area contributed by atoms with Crippen LogP contribution in [0.4, 0.5) is 10.5 Å². The van der Waals surface area contributed by atoms with Crippen LogP contribution < -0.4 is 10.2 Å². The highest BCUT2D eigenvalue weighted by molar-refractivity contribution is 8.18. The molecule has 1 heterocycles. The Labute approximate surface area is 165 Å². The van der Waals surface area contributed by atoms with Crippen molar-refractivity contribution < 1.29 is 14.4 Å². The van der Waals surface area contributed by atoms with Gasteiger partial charge >= 0.3 is 0 Å². The third kappa shape index (κ3) is 5.60. The Bertz CT molecular complexity index is 724. The highest BCUT2D eigenvalue weighted by Crippen LogP contribution is 2.32. The van der Waals surface area contributed by atoms with Crippen molar-refractivity contribution in [3.8, 4) is 0 Å². The van der Waals surface area contributed by atoms with Gasteiger partial charge in [-0.1, -0.05) is 26.0 Å². The minimum absolute atomic E-state index is 0.240. The minimum Gasteiger partial charge on any atom is -0.372 e. The molecular weight excluding hydrogens is 362 g/mol. The average Bonchev–Trinajstić information content (AvgIpc) is 2.90. The zero-order valence-corrected chi connectivity index (χ0v) is 17.1. The van der Waals surface area contributed by atoms with Crippen LogP contribution in [0, 0.1) is 5.92 Å². The molecule has 1 saturated heterocycles. The summed E-state index contributed by atoms with van der Waals surface area (Å²) in [5.41, 5.74) is 1.97. The first kappa shape index (κ1) is 21.0. The number of carbonyl (C=O) groups is 3. The standard InChI is InChI=1S/C20H27N3O3S/c1-5-22(6-2)16-9-7-15(8-10-16)11-17-19(25)23(20(26)27-17)13-18(24)21-12-14(3)4/h7-11,14H,5-6,12-13H2,1-4H3,(H,21,24)/b17-11-. The largest absolute Gasteiger partial charge is 0.372 e. The lowest BCUT2D eigenvalue weighted by Crippen LogP contribution is -2.40. The van der Waals surface area contributed by atoms with E-state index in [1.54, 1.807) is 6.08 Å². The molecule has 0 radical (unpaired) electrons. The number of hydrogen-bond donors (Lipinski definition) is 1. The lowest BCUT2D eigenvalue weighted by atomic mass is 10.1. The van der Waals surface area contributed by atoms with Crippen molar-refractivity contribution in [3.63, 3.8) is 0 Å². The second-order valence-corrected chi connectivity index (χ2v) is 7.72. The molecule has 0 aliphatic carbocycles. The van der Waals surface area contributed by atoms with Gasteiger partial charge in [-0.25, -0.2) is 0 Å². The molecule has 1 fully saturated rings. The second kappa shape index (κ2) is 9.60. The molecule has 0 aromatic heterocycles. The summed E-state index contributed by atoms with van der Waals surface area (Å²) in [6.07, 6.45) is 1.70. The number of nitrogens with zero attached hydrogens (tertiary/aromatic N) is 2. The number of nitrogens with one attached hydrogen (secondary N) is 1. The maximum absolute atomic E-state index is 12.5. The van der Waals surface area contributed by atoms with Crippen LogP contribution >= 0.6 is 11.8 Å². The number of amides is 3. The van der Waals surface area contributed by atoms with E-state index in [2.05, 4.69) is 24.1 Å². The van der Waals surface area contributed by atoms with Gasteiger partial charge in [0.15, 0.2) is 0 Å². The van der Waals surface area contributed by atoms with Crippen LogP contribution in [0.15, 0.2) is 29.2 Å². The number of carbonyl (C=O) groups excluding carboxylic acids is 3. The molecule has 27 heavy (non-hydrogen) atoms. The van der Waals surface area contributed by atoms with Crippen LogP contribution in [0.2, 0.25) is 0 Å². The van der Waals surface area contributed by atoms with Gasteiger partial charge in [-0.15, -0.1) is 0 Å². The molecule has 0 atom stereocenters. The molecule has 0 unspecified atom stereocenters. The van der Waals surface area contributed by atoms with Crippen LogP contribution in [-0.4, -0.2) is 48.1 Å². The summed E-state index contributed by atoms with van der Waals surface area (Å²) in [5.74, 6) is -0.434. The van der Waals surface area contributed by atoms with Gasteiger partial charge in [0.05, 0.1) is 4.91 Å². The number of benzene rings is 1. The normalized spacial score (nSPS) is 15.7. The van der Waals surface area contributed by atoms with Crippen molar-refractivity contribution >= 4 is 40.6 Å². The van der Waals surface area contributed by atoms with Gasteiger partial charge < -0.3 is 10.2 Å². The Hall–Kier alpha value is -2.28. The van der Waals surface area contributed by atoms with E-state index in [4.69, 9.17) is 0 Å². The first-order chi connectivity index (χ1) is 12.8. The molecule has 1 aromatic carbocycles. The summed E-state index contributed by atoms with van der Waals surface area (Å²) in [6, 6.07) is 7.86. The fourth-order valence-electron chi connectivity index (χ4n) is 2.68. The first-order valence-corrected chi connectivity index (χ1v) is 10.0. The number of imide groups is 1. The molecular formula is C20H27N3O3S. The van der Waals surface area contributed by atoms with Crippen molar-refractivity contribution in [1.29, 1.82) is 0 Å². The molecule has 0 saturated carbocycles. The van der Waals surface area contributed by atoms with E-state index in [9.17, 15) is 14.4 Å². The Morgan fingerprint density at radius 3 is 2.37 bits per heavy atom. The van der Waals surface area contributed by atoms with E-state index in [0.29, 0.717) is 17.4 Å². The average molecular weight is 390 g/mol. The second-order valence-electron chi connectivity index (χ2n) is 6.73. The molecule has 3 amide bonds. The van der Waals surface area contributed by atoms with Crippen LogP contribution in [0.25, 0.3) is 6.08 Å². The summed E-state index contributed by atoms with van der Waals surface area (Å²) < 4.78 is 0. The molecule has 1 aliphatic heterocycles. The highest BCUT2D eigenvalue weighted by Gasteiger charge is 2.36. The van der Waals surface area contributed by atoms with E-state index < -0.39 is 11.1 Å². The molecule has 1 aromatic rings. The Kier molecular flexibility index (Phi) is 7.47. The zero-order chi connectivity index (χ0) is 20.0. The van der Waals surface area contributed by atoms with Crippen molar-refractivity contribution in [2.45, 2.75) is 27.7 Å². The van der Waals surface area contributed by atoms with E-state index in [1.165, 1.54) is 0 Å². The van der Waals surface area contributed by atoms with E-state index in [1.807, 2.05) is 38.1 Å². The molecule has 0 bridgehead atoms. The summed E-state index contributed by atoms with van der Waals surface area (Å²) in [6.45, 7) is 10.3. The number of anilines is 1. The Morgan fingerprint density at radius 2 is 1.81 bits per heavy atom. The van der Waals surface area contributed by atoms with Crippen molar-refractivity contribution in [2.75, 3.05) is 31.1 Å². The molecule has 6 nitrogen and oxygen atoms in total. The quantitative estimate of drug-likeness (QED) is 0.691. The van der Waals surface area contributed by atoms with Gasteiger partial charge in [-0.3, -0.25) is 19.3 Å². The van der Waals surface area contributed by atoms with Crippen molar-refractivity contribution in [3.05, 3.63) is 34.7 Å². The van der Waals surface area contributed by atoms with E-state index in [0.717, 1.165) is 41.0 Å². The maximum Gasteiger partial charge on any atom is 0.294 e. The minimum atomic E-state index is -0.419. The topological polar surface area (TPSA) is 69.7 Å². The number of hydrogen-bond acceptors (Lipinski definition) is 5. The number of rotatable bonds is 8. The van der Waals surface area contributed by atoms with E-state index >= 15 is 0 Å². The highest BCUT2D eigenvalue weighted by atomic mass is 32.2. The third-order valence-corrected chi connectivity index (χ3v) is 5.11. The summed E-state index contributed by atoms with van der Waals surface area (Å²) >= 11 is 0.871. The predicted molar refractivity (Wildman–Crippen MR) is 111 cm³/mol. The van der Waals surface area contributed by atoms with Gasteiger partial charge in [-0.2, -0.15) is 0 Å². The Balaban J connectivity index is 2.06. The SMILES string of the molecule is CCN(CC)c1ccc(/C=C2\SC(=O)N(CC(=O)NCC(C)C)C2=O)cc1. The van der Waals surface area contributed by atoms with Crippen molar-refractivity contribution in [2.24, 2.45) is 5.92 Å². The fraction of sp³-hybridized carbons (Fsp3) is 0.450. The molecule has 146 valence electrons. The van der Waals surface area contributed by atoms with E-state index in [-0.39, 0.29) is 12.5 Å². The smallest absolute Gasteiger partial charge is 0.294 e. The zero-order valence-electron chi connectivity index (χ0n) is 16.3. The summed E-state index contributed by atoms with van der Waals surface area (Å²) in [7, 11) is 0. The lowest BCUT2D eigenvalue weighted by Gasteiger charge is -2.20. The monoisotopic (exact) mass is 389 g/mol. The van der Waals surface area contributed by atoms with Gasteiger partial charge in [0.25, 0.3) is 11.1 Å². The fourth-order valence-corrected chi connectivity index (χ4v) is 3.51.